The van der Waals surface area contributed by atoms with E-state index < -0.39 is 11.9 Å². The standard InChI is InChI=1S/C24H36I2O6/c1-3-17-19(23(27)28)22(32-16-12-8-6-10-14-26)18(4-2)20(24(29)30)21(17)31-15-11-7-5-9-13-25/h3-16H2,1-2H3,(H,27,28)(H,29,30). The Labute approximate surface area is 219 Å². The molecule has 2 N–H and O–H groups in total. The zero-order valence-corrected chi connectivity index (χ0v) is 23.5. The van der Waals surface area contributed by atoms with Crippen molar-refractivity contribution in [3.8, 4) is 11.5 Å². The van der Waals surface area contributed by atoms with Crippen LogP contribution in [-0.4, -0.2) is 44.2 Å². The molecule has 0 bridgehead atoms. The Kier molecular flexibility index (Phi) is 15.3. The van der Waals surface area contributed by atoms with Crippen LogP contribution in [-0.2, 0) is 12.8 Å². The van der Waals surface area contributed by atoms with Crippen molar-refractivity contribution in [2.45, 2.75) is 78.1 Å². The van der Waals surface area contributed by atoms with Gasteiger partial charge in [-0.2, -0.15) is 0 Å². The number of rotatable bonds is 18. The molecule has 1 aromatic rings. The topological polar surface area (TPSA) is 93.1 Å². The zero-order chi connectivity index (χ0) is 23.9. The summed E-state index contributed by atoms with van der Waals surface area (Å²) in [5, 5.41) is 20.0. The number of aromatic carboxylic acids is 2. The maximum Gasteiger partial charge on any atom is 0.339 e. The summed E-state index contributed by atoms with van der Waals surface area (Å²) in [6, 6.07) is 0. The molecule has 182 valence electrons. The molecule has 0 saturated heterocycles. The van der Waals surface area contributed by atoms with Crippen LogP contribution in [0.25, 0.3) is 0 Å². The highest BCUT2D eigenvalue weighted by atomic mass is 127. The van der Waals surface area contributed by atoms with Gasteiger partial charge in [0.25, 0.3) is 0 Å². The van der Waals surface area contributed by atoms with Gasteiger partial charge in [0.15, 0.2) is 0 Å². The van der Waals surface area contributed by atoms with Crippen molar-refractivity contribution in [1.82, 2.24) is 0 Å². The minimum absolute atomic E-state index is 0.0431. The minimum atomic E-state index is -1.11. The molecule has 0 aliphatic rings. The highest BCUT2D eigenvalue weighted by Crippen LogP contribution is 2.40. The van der Waals surface area contributed by atoms with E-state index in [1.807, 2.05) is 13.8 Å². The number of alkyl halides is 2. The summed E-state index contributed by atoms with van der Waals surface area (Å²) in [5.74, 6) is -1.84. The average molecular weight is 674 g/mol. The van der Waals surface area contributed by atoms with Gasteiger partial charge >= 0.3 is 11.9 Å². The number of unbranched alkanes of at least 4 members (excludes halogenated alkanes) is 6. The number of halogens is 2. The molecule has 0 amide bonds. The first-order valence-electron chi connectivity index (χ1n) is 11.5. The van der Waals surface area contributed by atoms with Gasteiger partial charge in [0, 0.05) is 11.1 Å². The number of carboxylic acids is 2. The Morgan fingerprint density at radius 2 is 1.00 bits per heavy atom. The zero-order valence-electron chi connectivity index (χ0n) is 19.2. The van der Waals surface area contributed by atoms with Crippen LogP contribution in [0, 0.1) is 0 Å². The fraction of sp³-hybridized carbons (Fsp3) is 0.667. The Morgan fingerprint density at radius 1 is 0.656 bits per heavy atom. The van der Waals surface area contributed by atoms with Gasteiger partial charge in [-0.15, -0.1) is 0 Å². The molecule has 0 radical (unpaired) electrons. The first-order valence-corrected chi connectivity index (χ1v) is 14.5. The maximum atomic E-state index is 12.2. The summed E-state index contributed by atoms with van der Waals surface area (Å²) in [6.45, 7) is 4.38. The van der Waals surface area contributed by atoms with Crippen LogP contribution in [0.15, 0.2) is 0 Å². The highest BCUT2D eigenvalue weighted by molar-refractivity contribution is 14.1. The van der Waals surface area contributed by atoms with E-state index in [9.17, 15) is 19.8 Å². The number of carbonyl (C=O) groups is 2. The summed E-state index contributed by atoms with van der Waals surface area (Å²) in [4.78, 5) is 24.5. The number of hydrogen-bond acceptors (Lipinski definition) is 4. The minimum Gasteiger partial charge on any atom is -0.492 e. The normalized spacial score (nSPS) is 10.9. The Bertz CT molecular complexity index is 674. The lowest BCUT2D eigenvalue weighted by molar-refractivity contribution is 0.0669. The first-order chi connectivity index (χ1) is 15.4. The van der Waals surface area contributed by atoms with Gasteiger partial charge < -0.3 is 19.7 Å². The van der Waals surface area contributed by atoms with Gasteiger partial charge in [-0.05, 0) is 47.4 Å². The van der Waals surface area contributed by atoms with Crippen LogP contribution < -0.4 is 9.47 Å². The second-order valence-electron chi connectivity index (χ2n) is 7.59. The second kappa shape index (κ2) is 16.8. The van der Waals surface area contributed by atoms with Crippen molar-refractivity contribution < 1.29 is 29.3 Å². The van der Waals surface area contributed by atoms with Crippen molar-refractivity contribution in [2.75, 3.05) is 22.1 Å². The molecule has 0 fully saturated rings. The Morgan fingerprint density at radius 3 is 1.28 bits per heavy atom. The number of hydrogen-bond donors (Lipinski definition) is 2. The summed E-state index contributed by atoms with van der Waals surface area (Å²) in [6.07, 6.45) is 8.80. The summed E-state index contributed by atoms with van der Waals surface area (Å²) in [7, 11) is 0. The third-order valence-corrected chi connectivity index (χ3v) is 6.82. The predicted octanol–water partition coefficient (Wildman–Crippen LogP) is 6.96. The van der Waals surface area contributed by atoms with Crippen LogP contribution in [0.4, 0.5) is 0 Å². The Balaban J connectivity index is 3.28. The van der Waals surface area contributed by atoms with Crippen LogP contribution >= 0.6 is 45.2 Å². The van der Waals surface area contributed by atoms with Gasteiger partial charge in [0.1, 0.15) is 22.6 Å². The molecule has 32 heavy (non-hydrogen) atoms. The molecule has 1 aromatic carbocycles. The Hall–Kier alpha value is -0.780. The lowest BCUT2D eigenvalue weighted by Gasteiger charge is -2.23. The molecule has 0 heterocycles. The molecule has 6 nitrogen and oxygen atoms in total. The predicted molar refractivity (Wildman–Crippen MR) is 145 cm³/mol. The van der Waals surface area contributed by atoms with Crippen LogP contribution in [0.1, 0.15) is 97.1 Å². The molecule has 0 atom stereocenters. The van der Waals surface area contributed by atoms with Gasteiger partial charge in [-0.25, -0.2) is 9.59 Å². The molecular weight excluding hydrogens is 638 g/mol. The maximum absolute atomic E-state index is 12.2. The quantitative estimate of drug-likeness (QED) is 0.0995. The largest absolute Gasteiger partial charge is 0.492 e. The fourth-order valence-corrected chi connectivity index (χ4v) is 4.78. The van der Waals surface area contributed by atoms with Gasteiger partial charge in [-0.1, -0.05) is 84.7 Å². The molecule has 1 rings (SSSR count). The van der Waals surface area contributed by atoms with Crippen molar-refractivity contribution in [1.29, 1.82) is 0 Å². The first kappa shape index (κ1) is 29.3. The van der Waals surface area contributed by atoms with Gasteiger partial charge in [0.05, 0.1) is 13.2 Å². The van der Waals surface area contributed by atoms with E-state index in [0.717, 1.165) is 60.2 Å². The molecule has 0 spiro atoms. The van der Waals surface area contributed by atoms with E-state index in [1.54, 1.807) is 0 Å². The van der Waals surface area contributed by atoms with E-state index in [0.29, 0.717) is 37.2 Å². The third kappa shape index (κ3) is 8.87. The second-order valence-corrected chi connectivity index (χ2v) is 9.74. The summed E-state index contributed by atoms with van der Waals surface area (Å²) in [5.41, 5.74) is 0.890. The molecule has 0 aromatic heterocycles. The van der Waals surface area contributed by atoms with E-state index in [4.69, 9.17) is 9.47 Å². The van der Waals surface area contributed by atoms with Gasteiger partial charge in [-0.3, -0.25) is 0 Å². The molecule has 0 unspecified atom stereocenters. The molecule has 8 heteroatoms. The fourth-order valence-electron chi connectivity index (χ4n) is 3.70. The highest BCUT2D eigenvalue weighted by Gasteiger charge is 2.31. The molecule has 0 saturated carbocycles. The number of carboxylic acid groups (broad SMARTS) is 2. The number of ether oxygens (including phenoxy) is 2. The lowest BCUT2D eigenvalue weighted by Crippen LogP contribution is -2.17. The van der Waals surface area contributed by atoms with E-state index >= 15 is 0 Å². The molecule has 0 aliphatic heterocycles. The van der Waals surface area contributed by atoms with Crippen molar-refractivity contribution in [3.63, 3.8) is 0 Å². The summed E-state index contributed by atoms with van der Waals surface area (Å²) >= 11 is 4.70. The van der Waals surface area contributed by atoms with Crippen molar-refractivity contribution in [2.24, 2.45) is 0 Å². The SMILES string of the molecule is CCc1c(OCCCCCCI)c(C(=O)O)c(CC)c(OCCCCCCI)c1C(=O)O. The van der Waals surface area contributed by atoms with Crippen LogP contribution in [0.2, 0.25) is 0 Å². The smallest absolute Gasteiger partial charge is 0.339 e. The molecular formula is C24H36I2O6. The van der Waals surface area contributed by atoms with Gasteiger partial charge in [0.2, 0.25) is 0 Å². The monoisotopic (exact) mass is 674 g/mol. The van der Waals surface area contributed by atoms with E-state index in [1.165, 1.54) is 0 Å². The van der Waals surface area contributed by atoms with Crippen LogP contribution in [0.5, 0.6) is 11.5 Å². The van der Waals surface area contributed by atoms with Crippen molar-refractivity contribution >= 4 is 57.1 Å². The summed E-state index contributed by atoms with van der Waals surface area (Å²) < 4.78 is 14.1. The van der Waals surface area contributed by atoms with Crippen molar-refractivity contribution in [3.05, 3.63) is 22.3 Å². The number of benzene rings is 1. The molecule has 0 aliphatic carbocycles. The van der Waals surface area contributed by atoms with E-state index in [2.05, 4.69) is 45.2 Å². The van der Waals surface area contributed by atoms with E-state index in [-0.39, 0.29) is 22.6 Å². The van der Waals surface area contributed by atoms with Crippen LogP contribution in [0.3, 0.4) is 0 Å². The lowest BCUT2D eigenvalue weighted by atomic mass is 9.92. The third-order valence-electron chi connectivity index (χ3n) is 5.29. The average Bonchev–Trinajstić information content (AvgIpc) is 2.77.